The monoisotopic (exact) mass is 309 g/mol. The van der Waals surface area contributed by atoms with Gasteiger partial charge in [-0.15, -0.1) is 0 Å². The third-order valence-electron chi connectivity index (χ3n) is 2.30. The Balaban J connectivity index is 2.89. The maximum absolute atomic E-state index is 12.4. The van der Waals surface area contributed by atoms with Gasteiger partial charge in [-0.1, -0.05) is 0 Å². The van der Waals surface area contributed by atoms with E-state index in [0.717, 1.165) is 30.5 Å². The first kappa shape index (κ1) is 16.4. The van der Waals surface area contributed by atoms with Gasteiger partial charge in [-0.2, -0.15) is 13.2 Å². The molecule has 0 bridgehead atoms. The third-order valence-corrected chi connectivity index (χ3v) is 3.75. The zero-order chi connectivity index (χ0) is 15.4. The van der Waals surface area contributed by atoms with Crippen molar-refractivity contribution in [2.45, 2.75) is 20.0 Å². The van der Waals surface area contributed by atoms with Crippen LogP contribution in [0.2, 0.25) is 0 Å². The average molecular weight is 309 g/mol. The summed E-state index contributed by atoms with van der Waals surface area (Å²) in [6.45, 7) is 3.33. The van der Waals surface area contributed by atoms with Crippen molar-refractivity contribution in [2.24, 2.45) is 0 Å². The minimum atomic E-state index is -4.46. The maximum Gasteiger partial charge on any atom is 0.416 e. The van der Waals surface area contributed by atoms with Gasteiger partial charge < -0.3 is 4.74 Å². The predicted octanol–water partition coefficient (Wildman–Crippen LogP) is 3.34. The first-order chi connectivity index (χ1) is 9.16. The van der Waals surface area contributed by atoms with E-state index in [1.807, 2.05) is 0 Å². The molecule has 1 aromatic carbocycles. The zero-order valence-corrected chi connectivity index (χ0v) is 11.7. The topological polar surface area (TPSA) is 55.4 Å². The molecule has 112 valence electrons. The van der Waals surface area contributed by atoms with Crippen molar-refractivity contribution in [1.29, 1.82) is 0 Å². The van der Waals surface area contributed by atoms with Crippen LogP contribution in [-0.4, -0.2) is 15.0 Å². The Morgan fingerprint density at radius 1 is 1.30 bits per heavy atom. The summed E-state index contributed by atoms with van der Waals surface area (Å²) in [5.41, 5.74) is -0.802. The molecule has 0 radical (unpaired) electrons. The Labute approximate surface area is 115 Å². The van der Waals surface area contributed by atoms with Crippen molar-refractivity contribution in [3.63, 3.8) is 0 Å². The lowest BCUT2D eigenvalue weighted by Gasteiger charge is -2.10. The van der Waals surface area contributed by atoms with E-state index in [2.05, 4.69) is 4.72 Å². The predicted molar refractivity (Wildman–Crippen MR) is 69.4 cm³/mol. The SMILES string of the molecule is CCOC=C(C)S(=O)(=O)Nc1ccc(C(F)(F)F)cc1. The Kier molecular flexibility index (Phi) is 5.04. The molecule has 0 aliphatic heterocycles. The molecule has 1 N–H and O–H groups in total. The van der Waals surface area contributed by atoms with E-state index in [1.165, 1.54) is 6.92 Å². The maximum atomic E-state index is 12.4. The number of ether oxygens (including phenoxy) is 1. The standard InChI is InChI=1S/C12H14F3NO3S/c1-3-19-8-9(2)20(17,18)16-11-6-4-10(5-7-11)12(13,14)15/h4-8,16H,3H2,1-2H3. The van der Waals surface area contributed by atoms with Crippen molar-refractivity contribution in [3.8, 4) is 0 Å². The highest BCUT2D eigenvalue weighted by atomic mass is 32.2. The highest BCUT2D eigenvalue weighted by molar-refractivity contribution is 7.96. The highest BCUT2D eigenvalue weighted by Crippen LogP contribution is 2.30. The second-order valence-electron chi connectivity index (χ2n) is 3.86. The number of hydrogen-bond donors (Lipinski definition) is 1. The van der Waals surface area contributed by atoms with E-state index in [-0.39, 0.29) is 10.6 Å². The van der Waals surface area contributed by atoms with Gasteiger partial charge in [0, 0.05) is 5.69 Å². The lowest BCUT2D eigenvalue weighted by Crippen LogP contribution is -2.14. The molecule has 0 aromatic heterocycles. The quantitative estimate of drug-likeness (QED) is 0.849. The molecule has 0 heterocycles. The van der Waals surface area contributed by atoms with E-state index in [1.54, 1.807) is 6.92 Å². The van der Waals surface area contributed by atoms with Crippen LogP contribution in [0.25, 0.3) is 0 Å². The number of allylic oxidation sites excluding steroid dienone is 1. The molecule has 1 aromatic rings. The molecule has 1 rings (SSSR count). The van der Waals surface area contributed by atoms with Crippen molar-refractivity contribution in [2.75, 3.05) is 11.3 Å². The molecule has 0 spiro atoms. The van der Waals surface area contributed by atoms with Crippen LogP contribution in [0.3, 0.4) is 0 Å². The lowest BCUT2D eigenvalue weighted by molar-refractivity contribution is -0.137. The number of nitrogens with one attached hydrogen (secondary N) is 1. The number of hydrogen-bond acceptors (Lipinski definition) is 3. The van der Waals surface area contributed by atoms with Crippen molar-refractivity contribution in [3.05, 3.63) is 41.0 Å². The van der Waals surface area contributed by atoms with Crippen LogP contribution >= 0.6 is 0 Å². The van der Waals surface area contributed by atoms with Crippen LogP contribution < -0.4 is 4.72 Å². The summed E-state index contributed by atoms with van der Waals surface area (Å²) in [5.74, 6) is 0. The largest absolute Gasteiger partial charge is 0.500 e. The summed E-state index contributed by atoms with van der Waals surface area (Å²) in [6, 6.07) is 3.71. The summed E-state index contributed by atoms with van der Waals surface area (Å²) >= 11 is 0. The Hall–Kier alpha value is -1.70. The molecular formula is C12H14F3NO3S. The van der Waals surface area contributed by atoms with Gasteiger partial charge in [0.2, 0.25) is 0 Å². The highest BCUT2D eigenvalue weighted by Gasteiger charge is 2.30. The van der Waals surface area contributed by atoms with Crippen LogP contribution in [0.5, 0.6) is 0 Å². The molecule has 0 amide bonds. The van der Waals surface area contributed by atoms with Crippen molar-refractivity contribution < 1.29 is 26.3 Å². The van der Waals surface area contributed by atoms with Crippen LogP contribution in [0.15, 0.2) is 35.4 Å². The van der Waals surface area contributed by atoms with Crippen LogP contribution in [-0.2, 0) is 20.9 Å². The molecule has 8 heteroatoms. The van der Waals surface area contributed by atoms with Gasteiger partial charge in [-0.25, -0.2) is 8.42 Å². The summed E-state index contributed by atoms with van der Waals surface area (Å²) < 4.78 is 67.7. The van der Waals surface area contributed by atoms with E-state index < -0.39 is 21.8 Å². The Bertz CT molecular complexity index is 577. The van der Waals surface area contributed by atoms with E-state index >= 15 is 0 Å². The molecule has 0 aliphatic carbocycles. The van der Waals surface area contributed by atoms with Gasteiger partial charge in [-0.05, 0) is 38.1 Å². The number of anilines is 1. The minimum absolute atomic E-state index is 0.0437. The van der Waals surface area contributed by atoms with Crippen molar-refractivity contribution in [1.82, 2.24) is 0 Å². The second-order valence-corrected chi connectivity index (χ2v) is 5.72. The second kappa shape index (κ2) is 6.17. The molecule has 20 heavy (non-hydrogen) atoms. The number of sulfonamides is 1. The van der Waals surface area contributed by atoms with Gasteiger partial charge in [0.05, 0.1) is 23.3 Å². The van der Waals surface area contributed by atoms with E-state index in [0.29, 0.717) is 6.61 Å². The molecule has 0 saturated carbocycles. The summed E-state index contributed by atoms with van der Waals surface area (Å²) in [7, 11) is -3.83. The van der Waals surface area contributed by atoms with Crippen LogP contribution in [0.4, 0.5) is 18.9 Å². The molecular weight excluding hydrogens is 295 g/mol. The van der Waals surface area contributed by atoms with Crippen molar-refractivity contribution >= 4 is 15.7 Å². The summed E-state index contributed by atoms with van der Waals surface area (Å²) in [5, 5.41) is 0. The van der Waals surface area contributed by atoms with Gasteiger partial charge in [-0.3, -0.25) is 4.72 Å². The number of alkyl halides is 3. The Morgan fingerprint density at radius 3 is 2.30 bits per heavy atom. The number of benzene rings is 1. The number of rotatable bonds is 5. The fraction of sp³-hybridized carbons (Fsp3) is 0.333. The van der Waals surface area contributed by atoms with Gasteiger partial charge in [0.25, 0.3) is 10.0 Å². The first-order valence-corrected chi connectivity index (χ1v) is 7.13. The third kappa shape index (κ3) is 4.44. The number of halogens is 3. The summed E-state index contributed by atoms with van der Waals surface area (Å²) in [6.07, 6.45) is -3.38. The average Bonchev–Trinajstić information content (AvgIpc) is 2.34. The molecule has 0 saturated heterocycles. The van der Waals surface area contributed by atoms with Crippen LogP contribution in [0.1, 0.15) is 19.4 Å². The van der Waals surface area contributed by atoms with E-state index in [9.17, 15) is 21.6 Å². The molecule has 0 fully saturated rings. The van der Waals surface area contributed by atoms with Gasteiger partial charge in [0.15, 0.2) is 0 Å². The molecule has 0 atom stereocenters. The van der Waals surface area contributed by atoms with Crippen LogP contribution in [0, 0.1) is 0 Å². The van der Waals surface area contributed by atoms with E-state index in [4.69, 9.17) is 4.74 Å². The fourth-order valence-corrected chi connectivity index (χ4v) is 2.03. The molecule has 4 nitrogen and oxygen atoms in total. The van der Waals surface area contributed by atoms with Gasteiger partial charge in [0.1, 0.15) is 0 Å². The van der Waals surface area contributed by atoms with Gasteiger partial charge >= 0.3 is 6.18 Å². The minimum Gasteiger partial charge on any atom is -0.500 e. The lowest BCUT2D eigenvalue weighted by atomic mass is 10.2. The summed E-state index contributed by atoms with van der Waals surface area (Å²) in [4.78, 5) is -0.0701. The molecule has 0 unspecified atom stereocenters. The smallest absolute Gasteiger partial charge is 0.416 e. The zero-order valence-electron chi connectivity index (χ0n) is 10.9. The molecule has 0 aliphatic rings. The first-order valence-electron chi connectivity index (χ1n) is 5.65. The Morgan fingerprint density at radius 2 is 1.85 bits per heavy atom. The fourth-order valence-electron chi connectivity index (χ4n) is 1.23. The normalized spacial score (nSPS) is 13.2.